The van der Waals surface area contributed by atoms with Gasteiger partial charge < -0.3 is 4.90 Å². The van der Waals surface area contributed by atoms with E-state index in [1.165, 1.54) is 11.8 Å². The van der Waals surface area contributed by atoms with E-state index in [9.17, 15) is 30.0 Å². The van der Waals surface area contributed by atoms with Crippen LogP contribution in [0.25, 0.3) is 0 Å². The molecule has 0 radical (unpaired) electrons. The van der Waals surface area contributed by atoms with Crippen molar-refractivity contribution < 1.29 is 30.0 Å². The second kappa shape index (κ2) is 10.6. The normalized spacial score (nSPS) is 14.0. The first-order chi connectivity index (χ1) is 14.7. The van der Waals surface area contributed by atoms with E-state index in [0.717, 1.165) is 17.0 Å². The number of nitrogens with zero attached hydrogens (tertiary/aromatic N) is 1. The number of sulfone groups is 1. The van der Waals surface area contributed by atoms with E-state index < -0.39 is 35.2 Å². The third-order valence-electron chi connectivity index (χ3n) is 4.68. The van der Waals surface area contributed by atoms with E-state index in [0.29, 0.717) is 24.8 Å². The van der Waals surface area contributed by atoms with Crippen LogP contribution in [0.15, 0.2) is 63.2 Å². The Labute approximate surface area is 191 Å². The Morgan fingerprint density at radius 3 is 2.19 bits per heavy atom. The Hall–Kier alpha value is -1.60. The van der Waals surface area contributed by atoms with Gasteiger partial charge in [-0.3, -0.25) is 0 Å². The van der Waals surface area contributed by atoms with Crippen molar-refractivity contribution in [2.45, 2.75) is 33.0 Å². The first kappa shape index (κ1) is 26.7. The standard InChI is InChI=1S/C20H25F3N2O4S3/c1-25(2)11-10-15(14-30-17-6-4-3-5-7-17)12-16-8-9-18(32(24,28)29)13-19(16)31(26,27)20(21,22)23/h3-9,13,15H,10-12,14H2,1-2H3,(H2,24,28,29)/t15-/m0/s1. The number of benzene rings is 2. The lowest BCUT2D eigenvalue weighted by Crippen LogP contribution is -2.26. The number of sulfonamides is 1. The lowest BCUT2D eigenvalue weighted by atomic mass is 9.97. The Bertz CT molecular complexity index is 1120. The summed E-state index contributed by atoms with van der Waals surface area (Å²) in [5, 5.41) is 5.01. The van der Waals surface area contributed by atoms with Gasteiger partial charge in [0.15, 0.2) is 0 Å². The number of thioether (sulfide) groups is 1. The van der Waals surface area contributed by atoms with E-state index in [4.69, 9.17) is 5.14 Å². The third-order valence-corrected chi connectivity index (χ3v) is 8.41. The van der Waals surface area contributed by atoms with E-state index >= 15 is 0 Å². The van der Waals surface area contributed by atoms with E-state index in [1.54, 1.807) is 0 Å². The monoisotopic (exact) mass is 510 g/mol. The van der Waals surface area contributed by atoms with Crippen LogP contribution in [-0.4, -0.2) is 53.6 Å². The van der Waals surface area contributed by atoms with Gasteiger partial charge >= 0.3 is 5.51 Å². The Balaban J connectivity index is 2.44. The van der Waals surface area contributed by atoms with Crippen molar-refractivity contribution in [3.05, 3.63) is 54.1 Å². The van der Waals surface area contributed by atoms with Gasteiger partial charge in [0.2, 0.25) is 10.0 Å². The highest BCUT2D eigenvalue weighted by Crippen LogP contribution is 2.35. The SMILES string of the molecule is CN(C)CC[C@H](CSc1ccccc1)Cc1ccc(S(N)(=O)=O)cc1S(=O)(=O)C(F)(F)F. The summed E-state index contributed by atoms with van der Waals surface area (Å²) in [7, 11) is -6.43. The molecule has 2 rings (SSSR count). The zero-order valence-electron chi connectivity index (χ0n) is 17.5. The number of hydrogen-bond acceptors (Lipinski definition) is 6. The van der Waals surface area contributed by atoms with E-state index in [-0.39, 0.29) is 17.9 Å². The van der Waals surface area contributed by atoms with Gasteiger partial charge in [-0.1, -0.05) is 24.3 Å². The summed E-state index contributed by atoms with van der Waals surface area (Å²) in [6.45, 7) is 0.649. The zero-order valence-corrected chi connectivity index (χ0v) is 20.0. The molecule has 0 heterocycles. The van der Waals surface area contributed by atoms with Crippen molar-refractivity contribution in [1.82, 2.24) is 4.90 Å². The lowest BCUT2D eigenvalue weighted by Gasteiger charge is -2.21. The Morgan fingerprint density at radius 1 is 1.03 bits per heavy atom. The van der Waals surface area contributed by atoms with Gasteiger partial charge in [0.25, 0.3) is 9.84 Å². The fourth-order valence-electron chi connectivity index (χ4n) is 2.98. The number of rotatable bonds is 10. The minimum Gasteiger partial charge on any atom is -0.309 e. The van der Waals surface area contributed by atoms with Crippen LogP contribution in [0.5, 0.6) is 0 Å². The molecular weight excluding hydrogens is 485 g/mol. The maximum absolute atomic E-state index is 13.3. The molecule has 0 aliphatic heterocycles. The average molecular weight is 511 g/mol. The van der Waals surface area contributed by atoms with Crippen LogP contribution in [-0.2, 0) is 26.3 Å². The highest BCUT2D eigenvalue weighted by Gasteiger charge is 2.48. The summed E-state index contributed by atoms with van der Waals surface area (Å²) in [4.78, 5) is 1.15. The molecule has 2 aromatic rings. The molecule has 0 saturated carbocycles. The molecule has 0 spiro atoms. The van der Waals surface area contributed by atoms with Crippen LogP contribution < -0.4 is 5.14 Å². The zero-order chi connectivity index (χ0) is 24.2. The van der Waals surface area contributed by atoms with Crippen LogP contribution in [0, 0.1) is 5.92 Å². The molecule has 0 fully saturated rings. The maximum Gasteiger partial charge on any atom is 0.501 e. The summed E-state index contributed by atoms with van der Waals surface area (Å²) in [5.74, 6) is 0.380. The second-order valence-electron chi connectivity index (χ2n) is 7.55. The van der Waals surface area contributed by atoms with Crippen LogP contribution in [0.2, 0.25) is 0 Å². The fraction of sp³-hybridized carbons (Fsp3) is 0.400. The molecule has 0 saturated heterocycles. The van der Waals surface area contributed by atoms with Crippen molar-refractivity contribution in [2.75, 3.05) is 26.4 Å². The van der Waals surface area contributed by atoms with E-state index in [2.05, 4.69) is 0 Å². The molecule has 32 heavy (non-hydrogen) atoms. The summed E-state index contributed by atoms with van der Waals surface area (Å²) < 4.78 is 87.6. The maximum atomic E-state index is 13.3. The largest absolute Gasteiger partial charge is 0.501 e. The molecular formula is C20H25F3N2O4S3. The van der Waals surface area contributed by atoms with Crippen molar-refractivity contribution in [3.63, 3.8) is 0 Å². The van der Waals surface area contributed by atoms with Gasteiger partial charge in [0.1, 0.15) is 0 Å². The first-order valence-corrected chi connectivity index (χ1v) is 13.5. The predicted molar refractivity (Wildman–Crippen MR) is 119 cm³/mol. The molecule has 0 amide bonds. The fourth-order valence-corrected chi connectivity index (χ4v) is 5.69. The molecule has 0 aliphatic rings. The highest BCUT2D eigenvalue weighted by molar-refractivity contribution is 7.99. The van der Waals surface area contributed by atoms with E-state index in [1.807, 2.05) is 49.3 Å². The van der Waals surface area contributed by atoms with Gasteiger partial charge in [-0.05, 0) is 69.2 Å². The van der Waals surface area contributed by atoms with Crippen LogP contribution in [0.4, 0.5) is 13.2 Å². The number of nitrogens with two attached hydrogens (primary N) is 1. The molecule has 2 aromatic carbocycles. The molecule has 0 aromatic heterocycles. The Kier molecular flexibility index (Phi) is 8.79. The molecule has 0 aliphatic carbocycles. The molecule has 178 valence electrons. The average Bonchev–Trinajstić information content (AvgIpc) is 2.69. The number of primary sulfonamides is 1. The van der Waals surface area contributed by atoms with Gasteiger partial charge in [0, 0.05) is 10.6 Å². The van der Waals surface area contributed by atoms with Crippen molar-refractivity contribution >= 4 is 31.6 Å². The minimum atomic E-state index is -5.77. The number of alkyl halides is 3. The molecule has 1 atom stereocenters. The summed E-state index contributed by atoms with van der Waals surface area (Å²) in [6, 6.07) is 12.1. The number of halogens is 3. The highest BCUT2D eigenvalue weighted by atomic mass is 32.2. The Morgan fingerprint density at radius 2 is 1.66 bits per heavy atom. The van der Waals surface area contributed by atoms with Crippen molar-refractivity contribution in [2.24, 2.45) is 11.1 Å². The van der Waals surface area contributed by atoms with Gasteiger partial charge in [-0.15, -0.1) is 11.8 Å². The molecule has 12 heteroatoms. The predicted octanol–water partition coefficient (Wildman–Crippen LogP) is 3.53. The molecule has 6 nitrogen and oxygen atoms in total. The summed E-state index contributed by atoms with van der Waals surface area (Å²) in [5.41, 5.74) is -5.66. The smallest absolute Gasteiger partial charge is 0.309 e. The first-order valence-electron chi connectivity index (χ1n) is 9.51. The molecule has 0 unspecified atom stereocenters. The van der Waals surface area contributed by atoms with Crippen LogP contribution in [0.3, 0.4) is 0 Å². The third kappa shape index (κ3) is 7.20. The lowest BCUT2D eigenvalue weighted by molar-refractivity contribution is -0.0436. The van der Waals surface area contributed by atoms with Gasteiger partial charge in [-0.25, -0.2) is 22.0 Å². The van der Waals surface area contributed by atoms with Crippen molar-refractivity contribution in [1.29, 1.82) is 0 Å². The van der Waals surface area contributed by atoms with Gasteiger partial charge in [0.05, 0.1) is 9.79 Å². The summed E-state index contributed by atoms with van der Waals surface area (Å²) in [6.07, 6.45) is 0.637. The quantitative estimate of drug-likeness (QED) is 0.491. The molecule has 0 bridgehead atoms. The minimum absolute atomic E-state index is 0.0310. The van der Waals surface area contributed by atoms with Crippen LogP contribution in [0.1, 0.15) is 12.0 Å². The number of hydrogen-bond donors (Lipinski definition) is 1. The van der Waals surface area contributed by atoms with Crippen LogP contribution >= 0.6 is 11.8 Å². The second-order valence-corrected chi connectivity index (χ2v) is 12.1. The molecule has 2 N–H and O–H groups in total. The topological polar surface area (TPSA) is 97.5 Å². The van der Waals surface area contributed by atoms with Crippen molar-refractivity contribution in [3.8, 4) is 0 Å². The summed E-state index contributed by atoms with van der Waals surface area (Å²) >= 11 is 1.52. The van der Waals surface area contributed by atoms with Gasteiger partial charge in [-0.2, -0.15) is 13.2 Å².